The molecule has 1 aromatic carbocycles. The van der Waals surface area contributed by atoms with E-state index in [1.807, 2.05) is 29.6 Å². The Bertz CT molecular complexity index is 1060. The lowest BCUT2D eigenvalue weighted by Crippen LogP contribution is -2.45. The minimum absolute atomic E-state index is 0.168. The smallest absolute Gasteiger partial charge is 0.268 e. The normalized spacial score (nSPS) is 17.8. The maximum Gasteiger partial charge on any atom is 0.268 e. The maximum absolute atomic E-state index is 12.1. The van der Waals surface area contributed by atoms with Gasteiger partial charge in [0.05, 0.1) is 15.9 Å². The Morgan fingerprint density at radius 3 is 2.93 bits per heavy atom. The Hall–Kier alpha value is -2.87. The summed E-state index contributed by atoms with van der Waals surface area (Å²) < 4.78 is 6.84. The van der Waals surface area contributed by atoms with Crippen molar-refractivity contribution in [2.24, 2.45) is 0 Å². The summed E-state index contributed by atoms with van der Waals surface area (Å²) in [4.78, 5) is 21.4. The first-order valence-corrected chi connectivity index (χ1v) is 9.79. The quantitative estimate of drug-likeness (QED) is 0.630. The van der Waals surface area contributed by atoms with Crippen LogP contribution in [0.5, 0.6) is 5.75 Å². The summed E-state index contributed by atoms with van der Waals surface area (Å²) in [6, 6.07) is 8.07. The van der Waals surface area contributed by atoms with Gasteiger partial charge in [-0.25, -0.2) is 4.98 Å². The van der Waals surface area contributed by atoms with Crippen LogP contribution in [0.1, 0.15) is 26.7 Å². The lowest BCUT2D eigenvalue weighted by molar-refractivity contribution is -0.129. The van der Waals surface area contributed by atoms with Crippen LogP contribution in [0.25, 0.3) is 10.2 Å². The molecule has 2 aliphatic rings. The molecule has 0 unspecified atom stereocenters. The number of benzene rings is 1. The molecule has 0 radical (unpaired) electrons. The third-order valence-corrected chi connectivity index (χ3v) is 5.53. The molecule has 5 rings (SSSR count). The molecule has 3 N–H and O–H groups in total. The van der Waals surface area contributed by atoms with E-state index in [2.05, 4.69) is 25.9 Å². The molecular formula is C19H19N5O2S. The lowest BCUT2D eigenvalue weighted by Gasteiger charge is -2.31. The lowest BCUT2D eigenvalue weighted by atomic mass is 10.1. The Morgan fingerprint density at radius 1 is 1.26 bits per heavy atom. The first-order valence-electron chi connectivity index (χ1n) is 8.91. The van der Waals surface area contributed by atoms with E-state index >= 15 is 0 Å². The molecule has 1 aliphatic carbocycles. The molecule has 1 aliphatic heterocycles. The zero-order valence-electron chi connectivity index (χ0n) is 15.0. The molecule has 0 atom stereocenters. The average molecular weight is 381 g/mol. The first-order chi connectivity index (χ1) is 13.0. The molecule has 27 heavy (non-hydrogen) atoms. The Kier molecular flexibility index (Phi) is 3.51. The predicted molar refractivity (Wildman–Crippen MR) is 107 cm³/mol. The van der Waals surface area contributed by atoms with Crippen LogP contribution in [0.3, 0.4) is 0 Å². The second kappa shape index (κ2) is 5.82. The van der Waals surface area contributed by atoms with Gasteiger partial charge in [-0.3, -0.25) is 4.79 Å². The van der Waals surface area contributed by atoms with Gasteiger partial charge in [-0.2, -0.15) is 4.98 Å². The topological polar surface area (TPSA) is 88.2 Å². The number of nitrogens with one attached hydrogen (secondary N) is 3. The van der Waals surface area contributed by atoms with Crippen molar-refractivity contribution in [3.05, 3.63) is 29.6 Å². The van der Waals surface area contributed by atoms with Gasteiger partial charge in [0.15, 0.2) is 5.60 Å². The number of rotatable bonds is 4. The van der Waals surface area contributed by atoms with Crippen molar-refractivity contribution in [1.82, 2.24) is 9.97 Å². The summed E-state index contributed by atoms with van der Waals surface area (Å²) in [5.41, 5.74) is 1.46. The molecule has 0 bridgehead atoms. The van der Waals surface area contributed by atoms with Crippen LogP contribution in [0.2, 0.25) is 0 Å². The number of hydrogen-bond acceptors (Lipinski definition) is 7. The number of carbonyl (C=O) groups excluding carboxylic acids is 1. The van der Waals surface area contributed by atoms with E-state index < -0.39 is 5.60 Å². The number of ether oxygens (including phenoxy) is 1. The van der Waals surface area contributed by atoms with Crippen molar-refractivity contribution in [1.29, 1.82) is 0 Å². The summed E-state index contributed by atoms with van der Waals surface area (Å²) in [5.74, 6) is 1.87. The van der Waals surface area contributed by atoms with E-state index in [4.69, 9.17) is 4.74 Å². The molecule has 3 aromatic rings. The monoisotopic (exact) mass is 381 g/mol. The molecule has 1 fully saturated rings. The van der Waals surface area contributed by atoms with Gasteiger partial charge < -0.3 is 20.7 Å². The van der Waals surface area contributed by atoms with E-state index in [9.17, 15) is 4.79 Å². The summed E-state index contributed by atoms with van der Waals surface area (Å²) in [6.07, 6.45) is 2.36. The number of fused-ring (bicyclic) bond motifs is 2. The number of carbonyl (C=O) groups is 1. The summed E-state index contributed by atoms with van der Waals surface area (Å²) >= 11 is 1.64. The Labute approximate surface area is 160 Å². The van der Waals surface area contributed by atoms with Gasteiger partial charge in [-0.05, 0) is 56.3 Å². The van der Waals surface area contributed by atoms with E-state index in [-0.39, 0.29) is 5.91 Å². The van der Waals surface area contributed by atoms with E-state index in [0.29, 0.717) is 23.4 Å². The van der Waals surface area contributed by atoms with Gasteiger partial charge in [-0.1, -0.05) is 0 Å². The number of thiophene rings is 1. The van der Waals surface area contributed by atoms with Gasteiger partial charge in [0, 0.05) is 11.7 Å². The van der Waals surface area contributed by atoms with Gasteiger partial charge >= 0.3 is 0 Å². The molecule has 8 heteroatoms. The van der Waals surface area contributed by atoms with Crippen LogP contribution in [0.15, 0.2) is 29.6 Å². The van der Waals surface area contributed by atoms with Crippen LogP contribution in [0.4, 0.5) is 23.1 Å². The van der Waals surface area contributed by atoms with Gasteiger partial charge in [0.1, 0.15) is 11.6 Å². The van der Waals surface area contributed by atoms with Crippen LogP contribution in [-0.4, -0.2) is 27.5 Å². The van der Waals surface area contributed by atoms with Crippen LogP contribution < -0.4 is 20.7 Å². The zero-order valence-corrected chi connectivity index (χ0v) is 15.8. The van der Waals surface area contributed by atoms with Crippen LogP contribution >= 0.6 is 11.3 Å². The zero-order chi connectivity index (χ0) is 18.6. The van der Waals surface area contributed by atoms with Gasteiger partial charge in [0.2, 0.25) is 5.95 Å². The molecule has 7 nitrogen and oxygen atoms in total. The maximum atomic E-state index is 12.1. The second-order valence-electron chi connectivity index (χ2n) is 7.35. The van der Waals surface area contributed by atoms with Crippen LogP contribution in [-0.2, 0) is 4.79 Å². The standard InChI is InChI=1S/C19H19N5O2S/c1-19(2)17(25)22-13-9-11(5-6-14(13)26-19)21-18-23-12-7-8-27-15(12)16(24-18)20-10-3-4-10/h5-10H,3-4H2,1-2H3,(H,22,25)(H2,20,21,23,24). The fourth-order valence-electron chi connectivity index (χ4n) is 2.96. The fourth-order valence-corrected chi connectivity index (χ4v) is 3.74. The third-order valence-electron chi connectivity index (χ3n) is 4.62. The highest BCUT2D eigenvalue weighted by molar-refractivity contribution is 7.17. The number of amides is 1. The summed E-state index contributed by atoms with van der Waals surface area (Å²) in [5, 5.41) is 11.6. The average Bonchev–Trinajstić information content (AvgIpc) is 3.30. The van der Waals surface area contributed by atoms with Crippen molar-refractivity contribution in [2.75, 3.05) is 16.0 Å². The molecule has 3 heterocycles. The highest BCUT2D eigenvalue weighted by Crippen LogP contribution is 2.37. The number of nitrogens with zero attached hydrogens (tertiary/aromatic N) is 2. The molecular weight excluding hydrogens is 362 g/mol. The van der Waals surface area contributed by atoms with Crippen molar-refractivity contribution in [3.63, 3.8) is 0 Å². The number of aromatic nitrogens is 2. The van der Waals surface area contributed by atoms with Crippen molar-refractivity contribution < 1.29 is 9.53 Å². The minimum atomic E-state index is -0.877. The highest BCUT2D eigenvalue weighted by Gasteiger charge is 2.35. The van der Waals surface area contributed by atoms with Gasteiger partial charge in [0.25, 0.3) is 5.91 Å². The fraction of sp³-hybridized carbons (Fsp3) is 0.316. The SMILES string of the molecule is CC1(C)Oc2ccc(Nc3nc(NC4CC4)c4sccc4n3)cc2NC1=O. The molecule has 0 spiro atoms. The van der Waals surface area contributed by atoms with Crippen molar-refractivity contribution >= 4 is 50.6 Å². The molecule has 2 aromatic heterocycles. The predicted octanol–water partition coefficient (Wildman–Crippen LogP) is 4.12. The summed E-state index contributed by atoms with van der Waals surface area (Å²) in [6.45, 7) is 3.49. The van der Waals surface area contributed by atoms with E-state index in [0.717, 1.165) is 21.7 Å². The Morgan fingerprint density at radius 2 is 2.11 bits per heavy atom. The first kappa shape index (κ1) is 16.3. The minimum Gasteiger partial charge on any atom is -0.476 e. The van der Waals surface area contributed by atoms with E-state index in [1.165, 1.54) is 12.8 Å². The van der Waals surface area contributed by atoms with Crippen molar-refractivity contribution in [3.8, 4) is 5.75 Å². The number of hydrogen-bond donors (Lipinski definition) is 3. The molecule has 0 saturated heterocycles. The largest absolute Gasteiger partial charge is 0.476 e. The molecule has 138 valence electrons. The van der Waals surface area contributed by atoms with Crippen molar-refractivity contribution in [2.45, 2.75) is 38.3 Å². The molecule has 1 amide bonds. The highest BCUT2D eigenvalue weighted by atomic mass is 32.1. The van der Waals surface area contributed by atoms with Gasteiger partial charge in [-0.15, -0.1) is 11.3 Å². The Balaban J connectivity index is 1.45. The van der Waals surface area contributed by atoms with Crippen LogP contribution in [0, 0.1) is 0 Å². The number of anilines is 4. The summed E-state index contributed by atoms with van der Waals surface area (Å²) in [7, 11) is 0. The van der Waals surface area contributed by atoms with E-state index in [1.54, 1.807) is 25.2 Å². The second-order valence-corrected chi connectivity index (χ2v) is 8.27. The third kappa shape index (κ3) is 3.06. The molecule has 1 saturated carbocycles.